The van der Waals surface area contributed by atoms with Crippen molar-refractivity contribution >= 4 is 5.96 Å². The van der Waals surface area contributed by atoms with Crippen LogP contribution in [-0.2, 0) is 4.74 Å². The van der Waals surface area contributed by atoms with Gasteiger partial charge in [-0.1, -0.05) is 6.92 Å². The van der Waals surface area contributed by atoms with Crippen LogP contribution >= 0.6 is 0 Å². The Labute approximate surface area is 167 Å². The summed E-state index contributed by atoms with van der Waals surface area (Å²) in [4.78, 5) is 12.3. The summed E-state index contributed by atoms with van der Waals surface area (Å²) in [6.07, 6.45) is 6.10. The molecule has 0 aliphatic carbocycles. The van der Waals surface area contributed by atoms with E-state index in [1.165, 1.54) is 71.4 Å². The SMILES string of the molecule is CCNC(=NCCCCN1CCN(CC)CC1)N(C)CCC1CCOCC1. The maximum Gasteiger partial charge on any atom is 0.193 e. The van der Waals surface area contributed by atoms with E-state index >= 15 is 0 Å². The van der Waals surface area contributed by atoms with E-state index in [1.54, 1.807) is 0 Å². The topological polar surface area (TPSA) is 43.3 Å². The molecule has 2 heterocycles. The number of guanidine groups is 1. The molecule has 0 spiro atoms. The van der Waals surface area contributed by atoms with Crippen LogP contribution in [0.15, 0.2) is 4.99 Å². The first-order valence-corrected chi connectivity index (χ1v) is 11.2. The molecule has 0 amide bonds. The zero-order chi connectivity index (χ0) is 19.3. The normalized spacial score (nSPS) is 20.8. The first-order valence-electron chi connectivity index (χ1n) is 11.2. The van der Waals surface area contributed by atoms with Gasteiger partial charge in [-0.3, -0.25) is 4.99 Å². The first kappa shape index (κ1) is 22.4. The van der Waals surface area contributed by atoms with Gasteiger partial charge in [0.25, 0.3) is 0 Å². The number of unbranched alkanes of at least 4 members (excludes halogenated alkanes) is 1. The van der Waals surface area contributed by atoms with Crippen molar-refractivity contribution in [1.82, 2.24) is 20.0 Å². The van der Waals surface area contributed by atoms with Gasteiger partial charge in [-0.25, -0.2) is 0 Å². The van der Waals surface area contributed by atoms with Crippen molar-refractivity contribution in [2.24, 2.45) is 10.9 Å². The molecule has 0 aromatic heterocycles. The molecule has 2 aliphatic rings. The quantitative estimate of drug-likeness (QED) is 0.357. The van der Waals surface area contributed by atoms with Crippen molar-refractivity contribution in [3.63, 3.8) is 0 Å². The first-order chi connectivity index (χ1) is 13.2. The summed E-state index contributed by atoms with van der Waals surface area (Å²) < 4.78 is 5.47. The second-order valence-corrected chi connectivity index (χ2v) is 7.98. The van der Waals surface area contributed by atoms with Crippen molar-refractivity contribution in [3.05, 3.63) is 0 Å². The number of piperazine rings is 1. The van der Waals surface area contributed by atoms with E-state index in [4.69, 9.17) is 9.73 Å². The number of likely N-dealkylation sites (N-methyl/N-ethyl adjacent to an activating group) is 1. The van der Waals surface area contributed by atoms with Gasteiger partial charge in [-0.2, -0.15) is 0 Å². The van der Waals surface area contributed by atoms with Crippen LogP contribution < -0.4 is 5.32 Å². The lowest BCUT2D eigenvalue weighted by molar-refractivity contribution is 0.0625. The van der Waals surface area contributed by atoms with Crippen LogP contribution in [0.25, 0.3) is 0 Å². The second-order valence-electron chi connectivity index (χ2n) is 7.98. The molecule has 6 nitrogen and oxygen atoms in total. The van der Waals surface area contributed by atoms with Crippen molar-refractivity contribution < 1.29 is 4.74 Å². The van der Waals surface area contributed by atoms with Gasteiger partial charge in [0.1, 0.15) is 0 Å². The van der Waals surface area contributed by atoms with Gasteiger partial charge in [0.15, 0.2) is 5.96 Å². The van der Waals surface area contributed by atoms with Crippen molar-refractivity contribution in [1.29, 1.82) is 0 Å². The molecule has 0 atom stereocenters. The molecule has 0 radical (unpaired) electrons. The second kappa shape index (κ2) is 13.3. The molecule has 158 valence electrons. The maximum atomic E-state index is 5.47. The number of nitrogens with one attached hydrogen (secondary N) is 1. The van der Waals surface area contributed by atoms with Crippen LogP contribution in [0.2, 0.25) is 0 Å². The molecule has 0 aromatic rings. The lowest BCUT2D eigenvalue weighted by Gasteiger charge is -2.33. The Morgan fingerprint density at radius 2 is 1.78 bits per heavy atom. The van der Waals surface area contributed by atoms with Gasteiger partial charge in [0, 0.05) is 66.1 Å². The monoisotopic (exact) mass is 381 g/mol. The third-order valence-electron chi connectivity index (χ3n) is 5.97. The minimum absolute atomic E-state index is 0.817. The van der Waals surface area contributed by atoms with Gasteiger partial charge in [0.05, 0.1) is 0 Å². The van der Waals surface area contributed by atoms with E-state index in [0.29, 0.717) is 0 Å². The predicted molar refractivity (Wildman–Crippen MR) is 115 cm³/mol. The molecule has 2 saturated heterocycles. The lowest BCUT2D eigenvalue weighted by Crippen LogP contribution is -2.46. The smallest absolute Gasteiger partial charge is 0.193 e. The zero-order valence-corrected chi connectivity index (χ0v) is 18.1. The highest BCUT2D eigenvalue weighted by molar-refractivity contribution is 5.79. The van der Waals surface area contributed by atoms with Gasteiger partial charge >= 0.3 is 0 Å². The van der Waals surface area contributed by atoms with E-state index in [0.717, 1.165) is 44.7 Å². The number of ether oxygens (including phenoxy) is 1. The summed E-state index contributed by atoms with van der Waals surface area (Å²) in [7, 11) is 2.17. The Hall–Kier alpha value is -0.850. The summed E-state index contributed by atoms with van der Waals surface area (Å²) in [5.74, 6) is 1.89. The molecule has 1 N–H and O–H groups in total. The fourth-order valence-corrected chi connectivity index (χ4v) is 3.95. The van der Waals surface area contributed by atoms with E-state index in [9.17, 15) is 0 Å². The molecule has 0 unspecified atom stereocenters. The molecule has 2 fully saturated rings. The number of hydrogen-bond acceptors (Lipinski definition) is 4. The fraction of sp³-hybridized carbons (Fsp3) is 0.952. The summed E-state index contributed by atoms with van der Waals surface area (Å²) in [6, 6.07) is 0. The van der Waals surface area contributed by atoms with E-state index < -0.39 is 0 Å². The Kier molecular flexibility index (Phi) is 11.1. The third-order valence-corrected chi connectivity index (χ3v) is 5.97. The van der Waals surface area contributed by atoms with Crippen LogP contribution in [-0.4, -0.2) is 99.8 Å². The van der Waals surface area contributed by atoms with Crippen LogP contribution in [0.1, 0.15) is 46.0 Å². The number of hydrogen-bond donors (Lipinski definition) is 1. The molecular weight excluding hydrogens is 338 g/mol. The van der Waals surface area contributed by atoms with Crippen molar-refractivity contribution in [3.8, 4) is 0 Å². The van der Waals surface area contributed by atoms with Crippen LogP contribution in [0.5, 0.6) is 0 Å². The molecule has 2 rings (SSSR count). The summed E-state index contributed by atoms with van der Waals surface area (Å²) >= 11 is 0. The highest BCUT2D eigenvalue weighted by atomic mass is 16.5. The average Bonchev–Trinajstić information content (AvgIpc) is 2.72. The van der Waals surface area contributed by atoms with Gasteiger partial charge in [0.2, 0.25) is 0 Å². The lowest BCUT2D eigenvalue weighted by atomic mass is 9.96. The molecule has 2 aliphatic heterocycles. The summed E-state index contributed by atoms with van der Waals surface area (Å²) in [5, 5.41) is 3.46. The average molecular weight is 382 g/mol. The Morgan fingerprint density at radius 3 is 2.44 bits per heavy atom. The third kappa shape index (κ3) is 8.79. The zero-order valence-electron chi connectivity index (χ0n) is 18.1. The molecule has 6 heteroatoms. The fourth-order valence-electron chi connectivity index (χ4n) is 3.95. The minimum Gasteiger partial charge on any atom is -0.381 e. The summed E-state index contributed by atoms with van der Waals surface area (Å²) in [6.45, 7) is 16.6. The van der Waals surface area contributed by atoms with E-state index in [2.05, 4.69) is 40.9 Å². The van der Waals surface area contributed by atoms with Crippen LogP contribution in [0, 0.1) is 5.92 Å². The molecular formula is C21H43N5O. The predicted octanol–water partition coefficient (Wildman–Crippen LogP) is 2.12. The maximum absolute atomic E-state index is 5.47. The van der Waals surface area contributed by atoms with Gasteiger partial charge in [-0.15, -0.1) is 0 Å². The number of rotatable bonds is 10. The van der Waals surface area contributed by atoms with Gasteiger partial charge in [-0.05, 0) is 58.0 Å². The van der Waals surface area contributed by atoms with Crippen LogP contribution in [0.4, 0.5) is 0 Å². The Bertz CT molecular complexity index is 403. The minimum atomic E-state index is 0.817. The highest BCUT2D eigenvalue weighted by Crippen LogP contribution is 2.18. The molecule has 0 aromatic carbocycles. The molecule has 27 heavy (non-hydrogen) atoms. The van der Waals surface area contributed by atoms with Crippen LogP contribution in [0.3, 0.4) is 0 Å². The molecule has 0 saturated carbocycles. The standard InChI is InChI=1S/C21H43N5O/c1-4-22-21(24(3)13-8-20-9-18-27-19-10-20)23-11-6-7-12-26-16-14-25(5-2)15-17-26/h20H,4-19H2,1-3H3,(H,22,23). The number of nitrogens with zero attached hydrogens (tertiary/aromatic N) is 4. The largest absolute Gasteiger partial charge is 0.381 e. The van der Waals surface area contributed by atoms with Gasteiger partial charge < -0.3 is 24.8 Å². The molecule has 0 bridgehead atoms. The van der Waals surface area contributed by atoms with E-state index in [1.807, 2.05) is 0 Å². The summed E-state index contributed by atoms with van der Waals surface area (Å²) in [5.41, 5.74) is 0. The Balaban J connectivity index is 1.61. The number of aliphatic imine (C=N–C) groups is 1. The van der Waals surface area contributed by atoms with Crippen molar-refractivity contribution in [2.45, 2.75) is 46.0 Å². The van der Waals surface area contributed by atoms with E-state index in [-0.39, 0.29) is 0 Å². The van der Waals surface area contributed by atoms with Crippen molar-refractivity contribution in [2.75, 3.05) is 79.2 Å². The Morgan fingerprint density at radius 1 is 1.07 bits per heavy atom. The highest BCUT2D eigenvalue weighted by Gasteiger charge is 2.16.